The Morgan fingerprint density at radius 3 is 2.71 bits per heavy atom. The molecule has 0 bridgehead atoms. The van der Waals surface area contributed by atoms with Gasteiger partial charge in [0.2, 0.25) is 6.29 Å². The number of hydrogen-bond donors (Lipinski definition) is 0. The van der Waals surface area contributed by atoms with Gasteiger partial charge in [0.25, 0.3) is 0 Å². The average Bonchev–Trinajstić information content (AvgIpc) is 2.98. The van der Waals surface area contributed by atoms with E-state index >= 15 is 0 Å². The predicted octanol–water partition coefficient (Wildman–Crippen LogP) is 4.30. The second-order valence-corrected chi connectivity index (χ2v) is 5.66. The van der Waals surface area contributed by atoms with Crippen LogP contribution >= 0.6 is 15.9 Å². The fourth-order valence-electron chi connectivity index (χ4n) is 2.74. The summed E-state index contributed by atoms with van der Waals surface area (Å²) in [5.74, 6) is 2.37. The van der Waals surface area contributed by atoms with Crippen molar-refractivity contribution in [1.29, 1.82) is 0 Å². The van der Waals surface area contributed by atoms with Crippen LogP contribution in [-0.2, 0) is 6.42 Å². The largest absolute Gasteiger partial charge is 0.451 e. The number of hydrogen-bond acceptors (Lipinski definition) is 2. The van der Waals surface area contributed by atoms with Crippen LogP contribution in [0.5, 0.6) is 11.5 Å². The molecule has 0 aromatic heterocycles. The highest BCUT2D eigenvalue weighted by atomic mass is 79.9. The molecule has 1 saturated carbocycles. The van der Waals surface area contributed by atoms with E-state index in [1.54, 1.807) is 0 Å². The van der Waals surface area contributed by atoms with Gasteiger partial charge < -0.3 is 9.47 Å². The SMILES string of the molecule is CCc1ccc2c(c1Br)OC(C1CCCC1)O2. The number of halogens is 1. The third kappa shape index (κ3) is 1.95. The van der Waals surface area contributed by atoms with Crippen LogP contribution in [0.1, 0.15) is 38.2 Å². The molecule has 92 valence electrons. The van der Waals surface area contributed by atoms with E-state index in [2.05, 4.69) is 28.9 Å². The molecule has 3 rings (SSSR count). The van der Waals surface area contributed by atoms with Crippen LogP contribution in [-0.4, -0.2) is 6.29 Å². The molecule has 2 aliphatic rings. The fraction of sp³-hybridized carbons (Fsp3) is 0.571. The zero-order valence-corrected chi connectivity index (χ0v) is 11.6. The van der Waals surface area contributed by atoms with Gasteiger partial charge in [-0.3, -0.25) is 0 Å². The molecular formula is C14H17BrO2. The molecule has 0 saturated heterocycles. The van der Waals surface area contributed by atoms with Crippen LogP contribution in [0.2, 0.25) is 0 Å². The molecule has 1 aliphatic heterocycles. The first kappa shape index (κ1) is 11.4. The van der Waals surface area contributed by atoms with E-state index in [9.17, 15) is 0 Å². The van der Waals surface area contributed by atoms with Gasteiger partial charge in [0.05, 0.1) is 4.47 Å². The Labute approximate surface area is 110 Å². The molecule has 2 nitrogen and oxygen atoms in total. The smallest absolute Gasteiger partial charge is 0.244 e. The normalized spacial score (nSPS) is 23.3. The predicted molar refractivity (Wildman–Crippen MR) is 70.5 cm³/mol. The number of fused-ring (bicyclic) bond motifs is 1. The molecule has 0 amide bonds. The number of benzene rings is 1. The van der Waals surface area contributed by atoms with Crippen molar-refractivity contribution in [2.24, 2.45) is 5.92 Å². The molecule has 1 aromatic rings. The van der Waals surface area contributed by atoms with E-state index < -0.39 is 0 Å². The third-order valence-corrected chi connectivity index (χ3v) is 4.65. The minimum Gasteiger partial charge on any atom is -0.451 e. The van der Waals surface area contributed by atoms with Gasteiger partial charge in [0.1, 0.15) is 0 Å². The van der Waals surface area contributed by atoms with Gasteiger partial charge in [0, 0.05) is 5.92 Å². The molecule has 1 aromatic carbocycles. The van der Waals surface area contributed by atoms with Gasteiger partial charge in [-0.2, -0.15) is 0 Å². The van der Waals surface area contributed by atoms with Gasteiger partial charge >= 0.3 is 0 Å². The molecule has 0 spiro atoms. The number of ether oxygens (including phenoxy) is 2. The Hall–Kier alpha value is -0.700. The lowest BCUT2D eigenvalue weighted by molar-refractivity contribution is -0.00183. The van der Waals surface area contributed by atoms with Crippen molar-refractivity contribution in [3.63, 3.8) is 0 Å². The summed E-state index contributed by atoms with van der Waals surface area (Å²) in [5, 5.41) is 0. The van der Waals surface area contributed by atoms with Gasteiger partial charge in [-0.05, 0) is 46.8 Å². The summed E-state index contributed by atoms with van der Waals surface area (Å²) in [4.78, 5) is 0. The fourth-order valence-corrected chi connectivity index (χ4v) is 3.44. The molecule has 3 heteroatoms. The van der Waals surface area contributed by atoms with Crippen molar-refractivity contribution in [3.05, 3.63) is 22.2 Å². The zero-order valence-electron chi connectivity index (χ0n) is 10.0. The molecule has 0 N–H and O–H groups in total. The van der Waals surface area contributed by atoms with Gasteiger partial charge in [-0.1, -0.05) is 25.8 Å². The summed E-state index contributed by atoms with van der Waals surface area (Å²) < 4.78 is 13.0. The first-order valence-electron chi connectivity index (χ1n) is 6.44. The summed E-state index contributed by atoms with van der Waals surface area (Å²) in [6.07, 6.45) is 6.03. The van der Waals surface area contributed by atoms with E-state index in [-0.39, 0.29) is 6.29 Å². The molecule has 1 heterocycles. The average molecular weight is 297 g/mol. The monoisotopic (exact) mass is 296 g/mol. The van der Waals surface area contributed by atoms with Crippen LogP contribution in [0.15, 0.2) is 16.6 Å². The van der Waals surface area contributed by atoms with Gasteiger partial charge in [0.15, 0.2) is 11.5 Å². The lowest BCUT2D eigenvalue weighted by Gasteiger charge is -2.16. The Kier molecular flexibility index (Phi) is 3.03. The van der Waals surface area contributed by atoms with Crippen molar-refractivity contribution >= 4 is 15.9 Å². The first-order valence-corrected chi connectivity index (χ1v) is 7.23. The second-order valence-electron chi connectivity index (χ2n) is 4.87. The lowest BCUT2D eigenvalue weighted by Crippen LogP contribution is -2.26. The highest BCUT2D eigenvalue weighted by molar-refractivity contribution is 9.10. The Morgan fingerprint density at radius 2 is 2.00 bits per heavy atom. The maximum atomic E-state index is 6.00. The summed E-state index contributed by atoms with van der Waals surface area (Å²) in [7, 11) is 0. The van der Waals surface area contributed by atoms with Crippen LogP contribution < -0.4 is 9.47 Å². The van der Waals surface area contributed by atoms with E-state index in [4.69, 9.17) is 9.47 Å². The Morgan fingerprint density at radius 1 is 1.24 bits per heavy atom. The van der Waals surface area contributed by atoms with Crippen molar-refractivity contribution in [1.82, 2.24) is 0 Å². The van der Waals surface area contributed by atoms with Crippen LogP contribution in [0.3, 0.4) is 0 Å². The number of aryl methyl sites for hydroxylation is 1. The summed E-state index contributed by atoms with van der Waals surface area (Å²) in [6.45, 7) is 2.15. The summed E-state index contributed by atoms with van der Waals surface area (Å²) in [6, 6.07) is 4.15. The molecule has 0 radical (unpaired) electrons. The topological polar surface area (TPSA) is 18.5 Å². The van der Waals surface area contributed by atoms with E-state index in [1.165, 1.54) is 31.2 Å². The molecule has 1 aliphatic carbocycles. The molecular weight excluding hydrogens is 280 g/mol. The van der Waals surface area contributed by atoms with Crippen molar-refractivity contribution in [3.8, 4) is 11.5 Å². The van der Waals surface area contributed by atoms with Crippen LogP contribution in [0.4, 0.5) is 0 Å². The van der Waals surface area contributed by atoms with Crippen LogP contribution in [0, 0.1) is 5.92 Å². The number of rotatable bonds is 2. The summed E-state index contributed by atoms with van der Waals surface area (Å²) in [5.41, 5.74) is 1.28. The molecule has 1 unspecified atom stereocenters. The van der Waals surface area contributed by atoms with Crippen molar-refractivity contribution in [2.75, 3.05) is 0 Å². The first-order chi connectivity index (χ1) is 8.29. The van der Waals surface area contributed by atoms with Crippen molar-refractivity contribution in [2.45, 2.75) is 45.3 Å². The lowest BCUT2D eigenvalue weighted by atomic mass is 10.1. The molecule has 1 fully saturated rings. The summed E-state index contributed by atoms with van der Waals surface area (Å²) >= 11 is 3.62. The Bertz CT molecular complexity index is 424. The third-order valence-electron chi connectivity index (χ3n) is 3.78. The van der Waals surface area contributed by atoms with E-state index in [0.717, 1.165) is 22.4 Å². The minimum atomic E-state index is -0.0593. The maximum absolute atomic E-state index is 6.00. The van der Waals surface area contributed by atoms with E-state index in [1.807, 2.05) is 6.07 Å². The molecule has 1 atom stereocenters. The van der Waals surface area contributed by atoms with Crippen LogP contribution in [0.25, 0.3) is 0 Å². The second kappa shape index (κ2) is 4.52. The quantitative estimate of drug-likeness (QED) is 0.810. The Balaban J connectivity index is 1.85. The standard InChI is InChI=1S/C14H17BrO2/c1-2-9-7-8-11-13(12(9)15)17-14(16-11)10-5-3-4-6-10/h7-8,10,14H,2-6H2,1H3. The highest BCUT2D eigenvalue weighted by Crippen LogP contribution is 2.46. The van der Waals surface area contributed by atoms with Gasteiger partial charge in [-0.15, -0.1) is 0 Å². The van der Waals surface area contributed by atoms with Gasteiger partial charge in [-0.25, -0.2) is 0 Å². The van der Waals surface area contributed by atoms with Crippen molar-refractivity contribution < 1.29 is 9.47 Å². The molecule has 17 heavy (non-hydrogen) atoms. The zero-order chi connectivity index (χ0) is 11.8. The maximum Gasteiger partial charge on any atom is 0.244 e. The highest BCUT2D eigenvalue weighted by Gasteiger charge is 2.35. The minimum absolute atomic E-state index is 0.0593. The van der Waals surface area contributed by atoms with E-state index in [0.29, 0.717) is 5.92 Å².